The lowest BCUT2D eigenvalue weighted by atomic mass is 9.85. The van der Waals surface area contributed by atoms with Gasteiger partial charge in [-0.3, -0.25) is 4.79 Å². The molecule has 1 aromatic rings. The average molecular weight is 279 g/mol. The summed E-state index contributed by atoms with van der Waals surface area (Å²) in [7, 11) is 2.04. The smallest absolute Gasteiger partial charge is 0.225 e. The summed E-state index contributed by atoms with van der Waals surface area (Å²) < 4.78 is 13.0. The van der Waals surface area contributed by atoms with E-state index in [4.69, 9.17) is 5.73 Å². The number of halogens is 1. The van der Waals surface area contributed by atoms with Crippen molar-refractivity contribution in [3.8, 4) is 0 Å². The van der Waals surface area contributed by atoms with Crippen molar-refractivity contribution in [1.82, 2.24) is 4.90 Å². The molecule has 0 saturated heterocycles. The molecule has 20 heavy (non-hydrogen) atoms. The first kappa shape index (κ1) is 14.8. The van der Waals surface area contributed by atoms with Gasteiger partial charge in [0.15, 0.2) is 0 Å². The first-order valence-corrected chi connectivity index (χ1v) is 7.08. The third kappa shape index (κ3) is 4.20. The number of nitrogens with two attached hydrogens (primary N) is 1. The van der Waals surface area contributed by atoms with Crippen molar-refractivity contribution in [3.05, 3.63) is 24.0 Å². The maximum Gasteiger partial charge on any atom is 0.225 e. The Labute approximate surface area is 119 Å². The van der Waals surface area contributed by atoms with Crippen LogP contribution >= 0.6 is 0 Å². The topological polar surface area (TPSA) is 58.4 Å². The van der Waals surface area contributed by atoms with Crippen molar-refractivity contribution in [1.29, 1.82) is 0 Å². The van der Waals surface area contributed by atoms with Crippen LogP contribution in [0.4, 0.5) is 15.8 Å². The van der Waals surface area contributed by atoms with Gasteiger partial charge in [0.2, 0.25) is 5.91 Å². The Bertz CT molecular complexity index is 474. The zero-order chi connectivity index (χ0) is 14.5. The predicted octanol–water partition coefficient (Wildman–Crippen LogP) is 2.47. The molecule has 3 N–H and O–H groups in total. The molecule has 4 nitrogen and oxygen atoms in total. The molecule has 1 aromatic carbocycles. The summed E-state index contributed by atoms with van der Waals surface area (Å²) in [6.45, 7) is 1.80. The van der Waals surface area contributed by atoms with E-state index in [0.717, 1.165) is 19.0 Å². The maximum atomic E-state index is 13.0. The Morgan fingerprint density at radius 2 is 2.25 bits per heavy atom. The second-order valence-corrected chi connectivity index (χ2v) is 5.59. The molecule has 0 unspecified atom stereocenters. The van der Waals surface area contributed by atoms with Gasteiger partial charge in [0.05, 0.1) is 5.69 Å². The van der Waals surface area contributed by atoms with E-state index in [1.54, 1.807) is 0 Å². The van der Waals surface area contributed by atoms with Crippen LogP contribution < -0.4 is 11.1 Å². The molecule has 0 atom stereocenters. The van der Waals surface area contributed by atoms with Gasteiger partial charge in [-0.25, -0.2) is 4.39 Å². The molecule has 1 aliphatic carbocycles. The van der Waals surface area contributed by atoms with E-state index in [9.17, 15) is 9.18 Å². The number of carbonyl (C=O) groups excluding carboxylic acids is 1. The van der Waals surface area contributed by atoms with Crippen LogP contribution in [0.1, 0.15) is 25.7 Å². The zero-order valence-electron chi connectivity index (χ0n) is 11.9. The molecule has 1 amide bonds. The van der Waals surface area contributed by atoms with E-state index < -0.39 is 5.82 Å². The fraction of sp³-hybridized carbons (Fsp3) is 0.533. The quantitative estimate of drug-likeness (QED) is 0.786. The SMILES string of the molecule is CN(CCC(=O)Nc1ccc(F)c(N)c1)CC1CCC1. The van der Waals surface area contributed by atoms with Gasteiger partial charge in [-0.2, -0.15) is 0 Å². The van der Waals surface area contributed by atoms with Crippen LogP contribution in [0.25, 0.3) is 0 Å². The van der Waals surface area contributed by atoms with Crippen molar-refractivity contribution in [2.24, 2.45) is 5.92 Å². The highest BCUT2D eigenvalue weighted by Crippen LogP contribution is 2.26. The summed E-state index contributed by atoms with van der Waals surface area (Å²) in [6.07, 6.45) is 4.39. The third-order valence-electron chi connectivity index (χ3n) is 3.79. The lowest BCUT2D eigenvalue weighted by Crippen LogP contribution is -2.31. The summed E-state index contributed by atoms with van der Waals surface area (Å²) in [5.74, 6) is 0.264. The van der Waals surface area contributed by atoms with Crippen molar-refractivity contribution in [3.63, 3.8) is 0 Å². The first-order valence-electron chi connectivity index (χ1n) is 7.08. The molecule has 0 aliphatic heterocycles. The molecule has 0 radical (unpaired) electrons. The van der Waals surface area contributed by atoms with Gasteiger partial charge in [-0.15, -0.1) is 0 Å². The number of anilines is 2. The largest absolute Gasteiger partial charge is 0.396 e. The summed E-state index contributed by atoms with van der Waals surface area (Å²) in [5, 5.41) is 2.73. The maximum absolute atomic E-state index is 13.0. The van der Waals surface area contributed by atoms with Gasteiger partial charge in [0.1, 0.15) is 5.82 Å². The fourth-order valence-electron chi connectivity index (χ4n) is 2.34. The van der Waals surface area contributed by atoms with Gasteiger partial charge in [-0.05, 0) is 44.0 Å². The number of benzene rings is 1. The number of nitrogens with one attached hydrogen (secondary N) is 1. The lowest BCUT2D eigenvalue weighted by Gasteiger charge is -2.29. The highest BCUT2D eigenvalue weighted by Gasteiger charge is 2.19. The van der Waals surface area contributed by atoms with Crippen molar-refractivity contribution < 1.29 is 9.18 Å². The van der Waals surface area contributed by atoms with Gasteiger partial charge in [0.25, 0.3) is 0 Å². The lowest BCUT2D eigenvalue weighted by molar-refractivity contribution is -0.116. The molecule has 5 heteroatoms. The number of nitrogens with zero attached hydrogens (tertiary/aromatic N) is 1. The summed E-state index contributed by atoms with van der Waals surface area (Å²) >= 11 is 0. The van der Waals surface area contributed by atoms with Crippen LogP contribution in [-0.2, 0) is 4.79 Å². The summed E-state index contributed by atoms with van der Waals surface area (Å²) in [5.41, 5.74) is 6.04. The molecule has 1 aliphatic rings. The molecule has 0 spiro atoms. The van der Waals surface area contributed by atoms with E-state index in [-0.39, 0.29) is 11.6 Å². The van der Waals surface area contributed by atoms with Crippen molar-refractivity contribution in [2.45, 2.75) is 25.7 Å². The summed E-state index contributed by atoms with van der Waals surface area (Å²) in [4.78, 5) is 14.0. The molecule has 1 fully saturated rings. The minimum Gasteiger partial charge on any atom is -0.396 e. The van der Waals surface area contributed by atoms with Crippen molar-refractivity contribution >= 4 is 17.3 Å². The second kappa shape index (κ2) is 6.70. The Balaban J connectivity index is 1.72. The van der Waals surface area contributed by atoms with Gasteiger partial charge in [-0.1, -0.05) is 6.42 Å². The Hall–Kier alpha value is -1.62. The molecule has 0 bridgehead atoms. The van der Waals surface area contributed by atoms with Gasteiger partial charge < -0.3 is 16.0 Å². The van der Waals surface area contributed by atoms with Crippen molar-refractivity contribution in [2.75, 3.05) is 31.2 Å². The van der Waals surface area contributed by atoms with E-state index in [1.807, 2.05) is 7.05 Å². The highest BCUT2D eigenvalue weighted by atomic mass is 19.1. The molecule has 0 heterocycles. The number of hydrogen-bond donors (Lipinski definition) is 2. The number of hydrogen-bond acceptors (Lipinski definition) is 3. The monoisotopic (exact) mass is 279 g/mol. The molecular formula is C15H22FN3O. The normalized spacial score (nSPS) is 15.2. The molecule has 110 valence electrons. The van der Waals surface area contributed by atoms with Crippen LogP contribution in [0.15, 0.2) is 18.2 Å². The molecule has 1 saturated carbocycles. The van der Waals surface area contributed by atoms with Crippen LogP contribution in [-0.4, -0.2) is 30.9 Å². The predicted molar refractivity (Wildman–Crippen MR) is 78.9 cm³/mol. The summed E-state index contributed by atoms with van der Waals surface area (Å²) in [6, 6.07) is 4.21. The van der Waals surface area contributed by atoms with E-state index >= 15 is 0 Å². The van der Waals surface area contributed by atoms with Gasteiger partial charge in [0, 0.05) is 25.2 Å². The van der Waals surface area contributed by atoms with E-state index in [0.29, 0.717) is 12.1 Å². The van der Waals surface area contributed by atoms with Gasteiger partial charge >= 0.3 is 0 Å². The fourth-order valence-corrected chi connectivity index (χ4v) is 2.34. The number of amides is 1. The molecule has 0 aromatic heterocycles. The first-order chi connectivity index (χ1) is 9.54. The Morgan fingerprint density at radius 1 is 1.50 bits per heavy atom. The minimum absolute atomic E-state index is 0.0462. The molecular weight excluding hydrogens is 257 g/mol. The van der Waals surface area contributed by atoms with Crippen LogP contribution in [0.2, 0.25) is 0 Å². The Kier molecular flexibility index (Phi) is 4.95. The standard InChI is InChI=1S/C15H22FN3O/c1-19(10-11-3-2-4-11)8-7-15(20)18-12-5-6-13(16)14(17)9-12/h5-6,9,11H,2-4,7-8,10,17H2,1H3,(H,18,20). The zero-order valence-corrected chi connectivity index (χ0v) is 11.9. The molecule has 2 rings (SSSR count). The third-order valence-corrected chi connectivity index (χ3v) is 3.79. The number of rotatable bonds is 6. The number of nitrogen functional groups attached to an aromatic ring is 1. The number of carbonyl (C=O) groups is 1. The van der Waals surface area contributed by atoms with Crippen LogP contribution in [0.3, 0.4) is 0 Å². The highest BCUT2D eigenvalue weighted by molar-refractivity contribution is 5.91. The van der Waals surface area contributed by atoms with Crippen LogP contribution in [0, 0.1) is 11.7 Å². The van der Waals surface area contributed by atoms with Crippen LogP contribution in [0.5, 0.6) is 0 Å². The Morgan fingerprint density at radius 3 is 2.85 bits per heavy atom. The average Bonchev–Trinajstić information content (AvgIpc) is 2.36. The minimum atomic E-state index is -0.469. The van der Waals surface area contributed by atoms with E-state index in [2.05, 4.69) is 10.2 Å². The van der Waals surface area contributed by atoms with E-state index in [1.165, 1.54) is 37.5 Å². The second-order valence-electron chi connectivity index (χ2n) is 5.59.